The van der Waals surface area contributed by atoms with Crippen LogP contribution in [0.1, 0.15) is 25.0 Å². The maximum atomic E-state index is 3.66. The van der Waals surface area contributed by atoms with Gasteiger partial charge in [0.15, 0.2) is 0 Å². The third-order valence-electron chi connectivity index (χ3n) is 4.31. The molecule has 2 N–H and O–H groups in total. The number of nitrogens with one attached hydrogen (secondary N) is 2. The lowest BCUT2D eigenvalue weighted by Crippen LogP contribution is -2.36. The average molecular weight is 266 g/mol. The van der Waals surface area contributed by atoms with E-state index in [1.807, 2.05) is 0 Å². The molecule has 0 saturated heterocycles. The quantitative estimate of drug-likeness (QED) is 0.729. The predicted molar refractivity (Wildman–Crippen MR) is 87.5 cm³/mol. The van der Waals surface area contributed by atoms with E-state index in [0.29, 0.717) is 12.1 Å². The minimum atomic E-state index is 0.379. The molecule has 0 radical (unpaired) electrons. The molecule has 1 aliphatic rings. The first-order valence-electron chi connectivity index (χ1n) is 7.30. The molecule has 2 aromatic carbocycles. The fraction of sp³-hybridized carbons (Fsp3) is 0.333. The highest BCUT2D eigenvalue weighted by atomic mass is 15.0. The number of fused-ring (bicyclic) bond motifs is 3. The molecule has 0 amide bonds. The zero-order valence-corrected chi connectivity index (χ0v) is 12.6. The van der Waals surface area contributed by atoms with Gasteiger partial charge < -0.3 is 10.6 Å². The summed E-state index contributed by atoms with van der Waals surface area (Å²) >= 11 is 0. The Balaban J connectivity index is 2.32. The topological polar surface area (TPSA) is 24.1 Å². The first-order valence-corrected chi connectivity index (χ1v) is 7.30. The van der Waals surface area contributed by atoms with Gasteiger partial charge in [-0.25, -0.2) is 0 Å². The van der Waals surface area contributed by atoms with Crippen molar-refractivity contribution >= 4 is 11.4 Å². The van der Waals surface area contributed by atoms with Crippen molar-refractivity contribution in [3.8, 4) is 11.1 Å². The molecule has 104 valence electrons. The van der Waals surface area contributed by atoms with Gasteiger partial charge in [-0.3, -0.25) is 0 Å². The van der Waals surface area contributed by atoms with Gasteiger partial charge in [0.1, 0.15) is 0 Å². The van der Waals surface area contributed by atoms with Crippen LogP contribution in [-0.2, 0) is 0 Å². The summed E-state index contributed by atoms with van der Waals surface area (Å²) in [6.45, 7) is 8.83. The predicted octanol–water partition coefficient (Wildman–Crippen LogP) is 4.58. The van der Waals surface area contributed by atoms with Gasteiger partial charge in [0.2, 0.25) is 0 Å². The Morgan fingerprint density at radius 3 is 1.50 bits per heavy atom. The van der Waals surface area contributed by atoms with E-state index in [1.165, 1.54) is 33.6 Å². The first-order chi connectivity index (χ1) is 9.58. The van der Waals surface area contributed by atoms with Crippen LogP contribution in [0, 0.1) is 13.8 Å². The Hall–Kier alpha value is -1.96. The van der Waals surface area contributed by atoms with Crippen molar-refractivity contribution in [1.82, 2.24) is 0 Å². The second kappa shape index (κ2) is 4.86. The van der Waals surface area contributed by atoms with Crippen LogP contribution in [0.2, 0.25) is 0 Å². The van der Waals surface area contributed by atoms with Gasteiger partial charge in [-0.1, -0.05) is 24.3 Å². The monoisotopic (exact) mass is 266 g/mol. The molecule has 3 rings (SSSR count). The van der Waals surface area contributed by atoms with Crippen LogP contribution in [-0.4, -0.2) is 12.1 Å². The summed E-state index contributed by atoms with van der Waals surface area (Å²) in [7, 11) is 0. The number of benzene rings is 2. The molecule has 2 heteroatoms. The zero-order valence-electron chi connectivity index (χ0n) is 12.6. The van der Waals surface area contributed by atoms with Gasteiger partial charge in [0.25, 0.3) is 0 Å². The van der Waals surface area contributed by atoms with Crippen LogP contribution < -0.4 is 10.6 Å². The van der Waals surface area contributed by atoms with Crippen LogP contribution in [0.25, 0.3) is 11.1 Å². The Kier molecular flexibility index (Phi) is 3.17. The second-order valence-corrected chi connectivity index (χ2v) is 5.86. The molecule has 2 nitrogen and oxygen atoms in total. The van der Waals surface area contributed by atoms with E-state index in [4.69, 9.17) is 0 Å². The Labute approximate surface area is 121 Å². The van der Waals surface area contributed by atoms with Gasteiger partial charge in [-0.2, -0.15) is 0 Å². The average Bonchev–Trinajstić information content (AvgIpc) is 2.39. The molecule has 0 bridgehead atoms. The van der Waals surface area contributed by atoms with E-state index in [1.54, 1.807) is 0 Å². The van der Waals surface area contributed by atoms with Crippen molar-refractivity contribution in [2.75, 3.05) is 10.6 Å². The molecule has 20 heavy (non-hydrogen) atoms. The molecule has 0 aliphatic carbocycles. The molecular formula is C18H22N2. The van der Waals surface area contributed by atoms with E-state index in [9.17, 15) is 0 Å². The molecule has 1 heterocycles. The Morgan fingerprint density at radius 1 is 0.700 bits per heavy atom. The number of aryl methyl sites for hydroxylation is 2. The van der Waals surface area contributed by atoms with Crippen LogP contribution >= 0.6 is 0 Å². The van der Waals surface area contributed by atoms with Gasteiger partial charge in [0.05, 0.1) is 0 Å². The minimum absolute atomic E-state index is 0.379. The van der Waals surface area contributed by atoms with Gasteiger partial charge in [0, 0.05) is 34.6 Å². The summed E-state index contributed by atoms with van der Waals surface area (Å²) in [5.74, 6) is 0. The van der Waals surface area contributed by atoms with Crippen molar-refractivity contribution in [2.45, 2.75) is 39.8 Å². The van der Waals surface area contributed by atoms with E-state index >= 15 is 0 Å². The first kappa shape index (κ1) is 13.0. The summed E-state index contributed by atoms with van der Waals surface area (Å²) in [5.41, 5.74) is 7.75. The van der Waals surface area contributed by atoms with Crippen LogP contribution in [0.3, 0.4) is 0 Å². The molecular weight excluding hydrogens is 244 g/mol. The molecule has 0 unspecified atom stereocenters. The van der Waals surface area contributed by atoms with Crippen LogP contribution in [0.5, 0.6) is 0 Å². The smallest absolute Gasteiger partial charge is 0.0432 e. The van der Waals surface area contributed by atoms with Crippen molar-refractivity contribution in [3.05, 3.63) is 47.5 Å². The van der Waals surface area contributed by atoms with Crippen LogP contribution in [0.15, 0.2) is 36.4 Å². The standard InChI is InChI=1S/C18H22N2/c1-11-7-5-9-15-17(11)18-12(2)8-6-10-16(18)20-14(4)13(3)19-15/h5-10,13-14,19-20H,1-4H3/t13-,14-/m1/s1. The lowest BCUT2D eigenvalue weighted by atomic mass is 9.91. The fourth-order valence-corrected chi connectivity index (χ4v) is 2.98. The fourth-order valence-electron chi connectivity index (χ4n) is 2.98. The largest absolute Gasteiger partial charge is 0.380 e. The molecule has 0 fully saturated rings. The number of hydrogen-bond donors (Lipinski definition) is 2. The van der Waals surface area contributed by atoms with Crippen molar-refractivity contribution in [2.24, 2.45) is 0 Å². The Bertz CT molecular complexity index is 588. The normalized spacial score (nSPS) is 20.8. The lowest BCUT2D eigenvalue weighted by Gasteiger charge is -2.31. The maximum Gasteiger partial charge on any atom is 0.0432 e. The summed E-state index contributed by atoms with van der Waals surface area (Å²) in [4.78, 5) is 0. The maximum absolute atomic E-state index is 3.66. The third-order valence-corrected chi connectivity index (χ3v) is 4.31. The number of anilines is 2. The molecule has 1 aliphatic heterocycles. The molecule has 0 aromatic heterocycles. The number of rotatable bonds is 0. The third kappa shape index (κ3) is 2.05. The minimum Gasteiger partial charge on any atom is -0.380 e. The van der Waals surface area contributed by atoms with Gasteiger partial charge >= 0.3 is 0 Å². The molecule has 2 atom stereocenters. The summed E-state index contributed by atoms with van der Waals surface area (Å²) in [6.07, 6.45) is 0. The SMILES string of the molecule is Cc1cccc2c1-c1c(C)cccc1N[C@H](C)[C@@H](C)N2. The van der Waals surface area contributed by atoms with Crippen LogP contribution in [0.4, 0.5) is 11.4 Å². The molecule has 0 spiro atoms. The highest BCUT2D eigenvalue weighted by Crippen LogP contribution is 2.40. The lowest BCUT2D eigenvalue weighted by molar-refractivity contribution is 0.676. The summed E-state index contributed by atoms with van der Waals surface area (Å²) in [5, 5.41) is 7.32. The molecule has 2 aromatic rings. The van der Waals surface area contributed by atoms with Gasteiger partial charge in [-0.05, 0) is 51.0 Å². The molecule has 0 saturated carbocycles. The van der Waals surface area contributed by atoms with E-state index in [-0.39, 0.29) is 0 Å². The van der Waals surface area contributed by atoms with Gasteiger partial charge in [-0.15, -0.1) is 0 Å². The summed E-state index contributed by atoms with van der Waals surface area (Å²) in [6, 6.07) is 13.8. The number of hydrogen-bond acceptors (Lipinski definition) is 2. The second-order valence-electron chi connectivity index (χ2n) is 5.86. The highest BCUT2D eigenvalue weighted by molar-refractivity contribution is 5.91. The van der Waals surface area contributed by atoms with E-state index in [0.717, 1.165) is 0 Å². The Morgan fingerprint density at radius 2 is 1.10 bits per heavy atom. The van der Waals surface area contributed by atoms with Crippen molar-refractivity contribution in [1.29, 1.82) is 0 Å². The highest BCUT2D eigenvalue weighted by Gasteiger charge is 2.22. The van der Waals surface area contributed by atoms with Crippen molar-refractivity contribution in [3.63, 3.8) is 0 Å². The zero-order chi connectivity index (χ0) is 14.3. The van der Waals surface area contributed by atoms with E-state index in [2.05, 4.69) is 74.7 Å². The summed E-state index contributed by atoms with van der Waals surface area (Å²) < 4.78 is 0. The van der Waals surface area contributed by atoms with E-state index < -0.39 is 0 Å². The van der Waals surface area contributed by atoms with Crippen molar-refractivity contribution < 1.29 is 0 Å².